The van der Waals surface area contributed by atoms with E-state index in [1.165, 1.54) is 0 Å². The van der Waals surface area contributed by atoms with Gasteiger partial charge in [-0.15, -0.1) is 0 Å². The smallest absolute Gasteiger partial charge is 0.255 e. The first-order chi connectivity index (χ1) is 8.99. The Morgan fingerprint density at radius 2 is 1.89 bits per heavy atom. The lowest BCUT2D eigenvalue weighted by molar-refractivity contribution is 0.102. The molecule has 1 amide bonds. The third-order valence-corrected chi connectivity index (χ3v) is 3.47. The van der Waals surface area contributed by atoms with Crippen LogP contribution in [0.15, 0.2) is 40.9 Å². The van der Waals surface area contributed by atoms with E-state index in [4.69, 9.17) is 5.73 Å². The van der Waals surface area contributed by atoms with Gasteiger partial charge in [-0.3, -0.25) is 4.79 Å². The maximum absolute atomic E-state index is 12.3. The van der Waals surface area contributed by atoms with Gasteiger partial charge in [0.05, 0.1) is 11.4 Å². The van der Waals surface area contributed by atoms with Crippen LogP contribution in [0.1, 0.15) is 21.5 Å². The number of rotatable bonds is 2. The van der Waals surface area contributed by atoms with E-state index in [2.05, 4.69) is 21.2 Å². The Morgan fingerprint density at radius 3 is 2.53 bits per heavy atom. The van der Waals surface area contributed by atoms with Crippen LogP contribution in [-0.2, 0) is 0 Å². The van der Waals surface area contributed by atoms with Gasteiger partial charge in [-0.25, -0.2) is 0 Å². The summed E-state index contributed by atoms with van der Waals surface area (Å²) in [5.74, 6) is -0.147. The number of carbonyl (C=O) groups is 1. The molecule has 0 saturated heterocycles. The molecule has 0 unspecified atom stereocenters. The lowest BCUT2D eigenvalue weighted by atomic mass is 10.1. The minimum atomic E-state index is -0.147. The summed E-state index contributed by atoms with van der Waals surface area (Å²) in [5.41, 5.74) is 9.64. The molecule has 3 nitrogen and oxygen atoms in total. The average Bonchev–Trinajstić information content (AvgIpc) is 2.33. The highest BCUT2D eigenvalue weighted by Gasteiger charge is 2.12. The van der Waals surface area contributed by atoms with E-state index in [9.17, 15) is 4.79 Å². The number of hydrogen-bond donors (Lipinski definition) is 2. The van der Waals surface area contributed by atoms with Crippen LogP contribution in [0.2, 0.25) is 0 Å². The second-order valence-electron chi connectivity index (χ2n) is 4.45. The average molecular weight is 319 g/mol. The molecular formula is C15H15BrN2O. The lowest BCUT2D eigenvalue weighted by Crippen LogP contribution is -2.15. The summed E-state index contributed by atoms with van der Waals surface area (Å²) in [6, 6.07) is 11.1. The van der Waals surface area contributed by atoms with E-state index in [0.29, 0.717) is 16.9 Å². The van der Waals surface area contributed by atoms with E-state index in [1.54, 1.807) is 12.1 Å². The van der Waals surface area contributed by atoms with Crippen LogP contribution in [0.5, 0.6) is 0 Å². The Kier molecular flexibility index (Phi) is 3.90. The van der Waals surface area contributed by atoms with Gasteiger partial charge >= 0.3 is 0 Å². The van der Waals surface area contributed by atoms with Crippen LogP contribution in [0, 0.1) is 13.8 Å². The quantitative estimate of drug-likeness (QED) is 0.825. The van der Waals surface area contributed by atoms with Crippen molar-refractivity contribution in [2.24, 2.45) is 0 Å². The molecule has 0 aliphatic rings. The number of para-hydroxylation sites is 1. The molecule has 0 spiro atoms. The van der Waals surface area contributed by atoms with Crippen molar-refractivity contribution in [3.8, 4) is 0 Å². The molecule has 0 fully saturated rings. The van der Waals surface area contributed by atoms with Crippen molar-refractivity contribution in [3.05, 3.63) is 57.6 Å². The second-order valence-corrected chi connectivity index (χ2v) is 5.37. The van der Waals surface area contributed by atoms with Crippen LogP contribution in [0.4, 0.5) is 11.4 Å². The molecule has 0 aromatic heterocycles. The number of nitrogens with one attached hydrogen (secondary N) is 1. The molecule has 0 saturated carbocycles. The number of nitrogens with two attached hydrogens (primary N) is 1. The van der Waals surface area contributed by atoms with E-state index < -0.39 is 0 Å². The number of carbonyl (C=O) groups excluding carboxylic acids is 1. The second kappa shape index (κ2) is 5.45. The van der Waals surface area contributed by atoms with Crippen LogP contribution >= 0.6 is 15.9 Å². The van der Waals surface area contributed by atoms with E-state index in [0.717, 1.165) is 15.6 Å². The summed E-state index contributed by atoms with van der Waals surface area (Å²) in [7, 11) is 0. The molecule has 2 aromatic carbocycles. The molecular weight excluding hydrogens is 304 g/mol. The summed E-state index contributed by atoms with van der Waals surface area (Å²) < 4.78 is 0.956. The summed E-state index contributed by atoms with van der Waals surface area (Å²) in [5, 5.41) is 2.88. The Balaban J connectivity index is 2.31. The maximum atomic E-state index is 12.3. The highest BCUT2D eigenvalue weighted by Crippen LogP contribution is 2.24. The molecule has 2 rings (SSSR count). The lowest BCUT2D eigenvalue weighted by Gasteiger charge is -2.12. The third-order valence-electron chi connectivity index (χ3n) is 2.98. The predicted molar refractivity (Wildman–Crippen MR) is 82.4 cm³/mol. The van der Waals surface area contributed by atoms with Gasteiger partial charge in [0.2, 0.25) is 0 Å². The molecule has 0 atom stereocenters. The minimum absolute atomic E-state index is 0.147. The van der Waals surface area contributed by atoms with Crippen LogP contribution in [-0.4, -0.2) is 5.91 Å². The molecule has 0 aliphatic heterocycles. The fourth-order valence-corrected chi connectivity index (χ4v) is 2.40. The van der Waals surface area contributed by atoms with Gasteiger partial charge in [-0.05, 0) is 49.2 Å². The Bertz CT molecular complexity index is 618. The van der Waals surface area contributed by atoms with E-state index in [1.807, 2.05) is 38.1 Å². The van der Waals surface area contributed by atoms with Crippen LogP contribution < -0.4 is 11.1 Å². The summed E-state index contributed by atoms with van der Waals surface area (Å²) in [4.78, 5) is 12.3. The zero-order valence-corrected chi connectivity index (χ0v) is 12.4. The van der Waals surface area contributed by atoms with Crippen molar-refractivity contribution in [2.45, 2.75) is 13.8 Å². The molecule has 4 heteroatoms. The number of amides is 1. The Hall–Kier alpha value is -1.81. The zero-order chi connectivity index (χ0) is 14.0. The summed E-state index contributed by atoms with van der Waals surface area (Å²) in [6.45, 7) is 3.82. The molecule has 2 aromatic rings. The first-order valence-corrected chi connectivity index (χ1v) is 6.71. The molecule has 19 heavy (non-hydrogen) atoms. The Labute approximate surface area is 121 Å². The maximum Gasteiger partial charge on any atom is 0.255 e. The molecule has 0 aliphatic carbocycles. The van der Waals surface area contributed by atoms with Crippen molar-refractivity contribution in [3.63, 3.8) is 0 Å². The van der Waals surface area contributed by atoms with Gasteiger partial charge in [-0.2, -0.15) is 0 Å². The van der Waals surface area contributed by atoms with Crippen molar-refractivity contribution >= 4 is 33.2 Å². The van der Waals surface area contributed by atoms with Crippen LogP contribution in [0.3, 0.4) is 0 Å². The number of halogens is 1. The van der Waals surface area contributed by atoms with Crippen molar-refractivity contribution < 1.29 is 4.79 Å². The molecule has 0 bridgehead atoms. The first-order valence-electron chi connectivity index (χ1n) is 5.91. The van der Waals surface area contributed by atoms with Crippen molar-refractivity contribution in [2.75, 3.05) is 11.1 Å². The molecule has 0 radical (unpaired) electrons. The van der Waals surface area contributed by atoms with Gasteiger partial charge in [0.15, 0.2) is 0 Å². The number of hydrogen-bond acceptors (Lipinski definition) is 2. The van der Waals surface area contributed by atoms with Gasteiger partial charge in [0.25, 0.3) is 5.91 Å². The SMILES string of the molecule is Cc1cc(Br)ccc1C(=O)Nc1c(C)cccc1N. The number of nitrogen functional groups attached to an aromatic ring is 1. The zero-order valence-electron chi connectivity index (χ0n) is 10.8. The van der Waals surface area contributed by atoms with E-state index >= 15 is 0 Å². The molecule has 3 N–H and O–H groups in total. The number of anilines is 2. The highest BCUT2D eigenvalue weighted by molar-refractivity contribution is 9.10. The monoisotopic (exact) mass is 318 g/mol. The van der Waals surface area contributed by atoms with Crippen LogP contribution in [0.25, 0.3) is 0 Å². The molecule has 98 valence electrons. The van der Waals surface area contributed by atoms with Crippen molar-refractivity contribution in [1.29, 1.82) is 0 Å². The summed E-state index contributed by atoms with van der Waals surface area (Å²) in [6.07, 6.45) is 0. The fraction of sp³-hybridized carbons (Fsp3) is 0.133. The highest BCUT2D eigenvalue weighted by atomic mass is 79.9. The van der Waals surface area contributed by atoms with Gasteiger partial charge in [0, 0.05) is 10.0 Å². The topological polar surface area (TPSA) is 55.1 Å². The largest absolute Gasteiger partial charge is 0.397 e. The Morgan fingerprint density at radius 1 is 1.16 bits per heavy atom. The predicted octanol–water partition coefficient (Wildman–Crippen LogP) is 3.90. The number of benzene rings is 2. The van der Waals surface area contributed by atoms with E-state index in [-0.39, 0.29) is 5.91 Å². The standard InChI is InChI=1S/C15H15BrN2O/c1-9-4-3-5-13(17)14(9)18-15(19)12-7-6-11(16)8-10(12)2/h3-8H,17H2,1-2H3,(H,18,19). The first kappa shape index (κ1) is 13.6. The van der Waals surface area contributed by atoms with Crippen molar-refractivity contribution in [1.82, 2.24) is 0 Å². The molecule has 0 heterocycles. The van der Waals surface area contributed by atoms with Gasteiger partial charge in [-0.1, -0.05) is 28.1 Å². The minimum Gasteiger partial charge on any atom is -0.397 e. The van der Waals surface area contributed by atoms with Gasteiger partial charge in [0.1, 0.15) is 0 Å². The fourth-order valence-electron chi connectivity index (χ4n) is 1.92. The van der Waals surface area contributed by atoms with Gasteiger partial charge < -0.3 is 11.1 Å². The normalized spacial score (nSPS) is 10.3. The third kappa shape index (κ3) is 2.96. The summed E-state index contributed by atoms with van der Waals surface area (Å²) >= 11 is 3.38. The number of aryl methyl sites for hydroxylation is 2.